The first-order chi connectivity index (χ1) is 34.0. The van der Waals surface area contributed by atoms with Crippen LogP contribution in [0, 0.1) is 0 Å². The molecule has 0 aliphatic carbocycles. The molecule has 0 aliphatic heterocycles. The molecular formula is C40H40N12Na4O16S4. The van der Waals surface area contributed by atoms with Crippen molar-refractivity contribution in [3.63, 3.8) is 0 Å². The third kappa shape index (κ3) is 19.9. The molecule has 6 rings (SSSR count). The van der Waals surface area contributed by atoms with Crippen LogP contribution in [-0.2, 0) is 40.5 Å². The second-order valence-corrected chi connectivity index (χ2v) is 20.1. The molecule has 384 valence electrons. The zero-order valence-electron chi connectivity index (χ0n) is 40.8. The van der Waals surface area contributed by atoms with E-state index in [9.17, 15) is 72.3 Å². The maximum Gasteiger partial charge on any atom is 1.00 e. The SMILES string of the molecule is O=S(=O)([O-])c1ccc(Nc2nc(Nc3ccc(C=Cc4ccc(Nc5nc(Nc6ccc(S(=O)(=O)[O-])cc6)nc(N(CCO)CCO)n5)c(S(=O)(=O)[O-])c4)cc3S(=O)(=O)[O-])nc(N(CCO)CCO)n2)cc1.[Na+].[Na+].[Na+].[Na+]. The molecule has 6 aromatic rings. The van der Waals surface area contributed by atoms with Gasteiger partial charge in [0.05, 0.1) is 57.4 Å². The Balaban J connectivity index is 0.00000494. The van der Waals surface area contributed by atoms with Crippen LogP contribution >= 0.6 is 0 Å². The molecule has 0 bridgehead atoms. The maximum atomic E-state index is 12.6. The summed E-state index contributed by atoms with van der Waals surface area (Å²) in [6, 6.07) is 16.1. The summed E-state index contributed by atoms with van der Waals surface area (Å²) >= 11 is 0. The Morgan fingerprint density at radius 1 is 0.408 bits per heavy atom. The van der Waals surface area contributed by atoms with Crippen molar-refractivity contribution in [3.8, 4) is 0 Å². The summed E-state index contributed by atoms with van der Waals surface area (Å²) in [4.78, 5) is 25.5. The summed E-state index contributed by atoms with van der Waals surface area (Å²) in [5.74, 6) is -1.44. The predicted octanol–water partition coefficient (Wildman–Crippen LogP) is -11.6. The molecule has 0 saturated heterocycles. The molecule has 0 atom stereocenters. The van der Waals surface area contributed by atoms with Crippen molar-refractivity contribution in [1.29, 1.82) is 0 Å². The fourth-order valence-electron chi connectivity index (χ4n) is 6.35. The van der Waals surface area contributed by atoms with Gasteiger partial charge in [-0.25, -0.2) is 33.7 Å². The normalized spacial score (nSPS) is 11.5. The van der Waals surface area contributed by atoms with E-state index >= 15 is 0 Å². The number of aromatic nitrogens is 6. The summed E-state index contributed by atoms with van der Waals surface area (Å²) in [6.07, 6.45) is 2.59. The number of rotatable bonds is 24. The van der Waals surface area contributed by atoms with Crippen LogP contribution < -0.4 is 149 Å². The van der Waals surface area contributed by atoms with Gasteiger partial charge < -0.3 is 69.7 Å². The summed E-state index contributed by atoms with van der Waals surface area (Å²) in [5, 5.41) is 49.4. The fraction of sp³-hybridized carbons (Fsp3) is 0.200. The van der Waals surface area contributed by atoms with Crippen LogP contribution in [0.2, 0.25) is 0 Å². The number of benzene rings is 4. The average molecular weight is 1170 g/mol. The molecule has 0 spiro atoms. The fourth-order valence-corrected chi connectivity index (χ4v) is 8.63. The van der Waals surface area contributed by atoms with Crippen molar-refractivity contribution in [3.05, 3.63) is 96.1 Å². The van der Waals surface area contributed by atoms with Crippen LogP contribution in [0.15, 0.2) is 105 Å². The Morgan fingerprint density at radius 2 is 0.697 bits per heavy atom. The molecule has 0 unspecified atom stereocenters. The zero-order chi connectivity index (χ0) is 52.4. The first-order valence-corrected chi connectivity index (χ1v) is 26.1. The smallest absolute Gasteiger partial charge is 0.744 e. The van der Waals surface area contributed by atoms with E-state index in [1.165, 1.54) is 70.5 Å². The van der Waals surface area contributed by atoms with E-state index in [1.54, 1.807) is 0 Å². The number of nitrogens with zero attached hydrogens (tertiary/aromatic N) is 8. The first kappa shape index (κ1) is 69.0. The second kappa shape index (κ2) is 30.5. The molecule has 4 aromatic carbocycles. The minimum atomic E-state index is -5.28. The van der Waals surface area contributed by atoms with Gasteiger partial charge in [-0.2, -0.15) is 29.9 Å². The van der Waals surface area contributed by atoms with E-state index < -0.39 is 86.5 Å². The largest absolute Gasteiger partial charge is 1.00 e. The van der Waals surface area contributed by atoms with Gasteiger partial charge in [0, 0.05) is 37.6 Å². The monoisotopic (exact) mass is 1160 g/mol. The Bertz CT molecular complexity index is 3180. The number of nitrogens with one attached hydrogen (secondary N) is 4. The Morgan fingerprint density at radius 3 is 0.961 bits per heavy atom. The van der Waals surface area contributed by atoms with E-state index in [2.05, 4.69) is 51.2 Å². The van der Waals surface area contributed by atoms with Crippen molar-refractivity contribution in [2.24, 2.45) is 0 Å². The predicted molar refractivity (Wildman–Crippen MR) is 252 cm³/mol. The molecule has 0 amide bonds. The molecule has 0 aliphatic rings. The molecule has 0 radical (unpaired) electrons. The number of aliphatic hydroxyl groups excluding tert-OH is 4. The summed E-state index contributed by atoms with van der Waals surface area (Å²) in [5.41, 5.74) is -0.106. The van der Waals surface area contributed by atoms with Crippen LogP contribution in [0.3, 0.4) is 0 Å². The third-order valence-corrected chi connectivity index (χ3v) is 13.1. The van der Waals surface area contributed by atoms with Gasteiger partial charge in [0.15, 0.2) is 0 Å². The van der Waals surface area contributed by atoms with Gasteiger partial charge in [0.2, 0.25) is 35.7 Å². The standard InChI is InChI=1S/C40H44N12O16S4.4Na/c53-19-15-51(16-20-54)39-47-35(41-27-5-9-29(10-6-27)69(57,58)59)45-37(49-39)43-31-13-3-25(23-33(31)71(63,64)65)1-2-26-4-14-32(34(24-26)72(66,67)68)44-38-46-36(48-40(50-38)52(17-21-55)18-22-56)42-28-7-11-30(12-8-28)70(60,61)62;;;;/h1-14,23-24,53-56H,15-22H2,(H,57,58,59)(H,60,61,62)(H,63,64,65)(H,66,67,68)(H2,41,43,45,47,49)(H2,42,44,46,48,50);;;;/q;4*+1/p-4. The van der Waals surface area contributed by atoms with Gasteiger partial charge in [0.25, 0.3) is 0 Å². The number of hydrogen-bond donors (Lipinski definition) is 8. The zero-order valence-corrected chi connectivity index (χ0v) is 52.1. The Kier molecular flexibility index (Phi) is 27.7. The van der Waals surface area contributed by atoms with Gasteiger partial charge in [-0.3, -0.25) is 0 Å². The van der Waals surface area contributed by atoms with Crippen molar-refractivity contribution < 1.29 is 191 Å². The molecular weight excluding hydrogens is 1120 g/mol. The van der Waals surface area contributed by atoms with Crippen LogP contribution in [0.4, 0.5) is 58.4 Å². The molecule has 36 heteroatoms. The minimum absolute atomic E-state index is 0. The summed E-state index contributed by atoms with van der Waals surface area (Å²) < 4.78 is 144. The minimum Gasteiger partial charge on any atom is -0.744 e. The average Bonchev–Trinajstić information content (AvgIpc) is 3.30. The third-order valence-electron chi connectivity index (χ3n) is 9.60. The van der Waals surface area contributed by atoms with Crippen LogP contribution in [0.5, 0.6) is 0 Å². The molecule has 76 heavy (non-hydrogen) atoms. The topological polar surface area (TPSA) is 442 Å². The van der Waals surface area contributed by atoms with Gasteiger partial charge >= 0.3 is 118 Å². The number of anilines is 10. The van der Waals surface area contributed by atoms with E-state index in [1.807, 2.05) is 0 Å². The Hall–Kier alpha value is -3.08. The van der Waals surface area contributed by atoms with Gasteiger partial charge in [-0.1, -0.05) is 24.3 Å². The summed E-state index contributed by atoms with van der Waals surface area (Å²) in [7, 11) is -20.1. The van der Waals surface area contributed by atoms with E-state index in [0.717, 1.165) is 36.4 Å². The molecule has 0 saturated carbocycles. The van der Waals surface area contributed by atoms with Crippen LogP contribution in [0.25, 0.3) is 12.2 Å². The molecule has 2 aromatic heterocycles. The van der Waals surface area contributed by atoms with Crippen molar-refractivity contribution in [2.45, 2.75) is 19.6 Å². The molecule has 8 N–H and O–H groups in total. The van der Waals surface area contributed by atoms with Crippen LogP contribution in [0.1, 0.15) is 11.1 Å². The first-order valence-electron chi connectivity index (χ1n) is 20.5. The maximum absolute atomic E-state index is 12.6. The van der Waals surface area contributed by atoms with E-state index in [-0.39, 0.29) is 214 Å². The number of hydrogen-bond acceptors (Lipinski definition) is 28. The second-order valence-electron chi connectivity index (χ2n) is 14.6. The molecule has 0 fully saturated rings. The van der Waals surface area contributed by atoms with Gasteiger partial charge in [-0.05, 0) is 83.9 Å². The van der Waals surface area contributed by atoms with Crippen molar-refractivity contribution in [2.75, 3.05) is 83.7 Å². The van der Waals surface area contributed by atoms with E-state index in [4.69, 9.17) is 0 Å². The quantitative estimate of drug-likeness (QED) is 0.0158. The molecule has 2 heterocycles. The van der Waals surface area contributed by atoms with Gasteiger partial charge in [0.1, 0.15) is 40.5 Å². The van der Waals surface area contributed by atoms with Gasteiger partial charge in [-0.15, -0.1) is 0 Å². The Labute approximate surface area is 524 Å². The van der Waals surface area contributed by atoms with Crippen molar-refractivity contribution >= 4 is 111 Å². The van der Waals surface area contributed by atoms with Crippen molar-refractivity contribution in [1.82, 2.24) is 29.9 Å². The molecule has 28 nitrogen and oxygen atoms in total. The number of aliphatic hydroxyl groups is 4. The summed E-state index contributed by atoms with van der Waals surface area (Å²) in [6.45, 7) is -1.97. The van der Waals surface area contributed by atoms with Crippen LogP contribution in [-0.4, -0.2) is 155 Å². The van der Waals surface area contributed by atoms with E-state index in [0.29, 0.717) is 0 Å².